The van der Waals surface area contributed by atoms with Gasteiger partial charge in [-0.2, -0.15) is 0 Å². The maximum atomic E-state index is 11.6. The number of amides is 2. The standard InChI is InChI=1S/C13H19N5O4S2.ClH.Na/c14-10(7-11(15)19)12(20)18-13(23)17-6-5-8-1-3-9(4-2-8)24(16,21)22;;/h1-4,10H,5-7,14H2,(H2,15,19)(H2,16,21,22)(H2,17,18,20,23);1H;/q;;+1/p-1. The van der Waals surface area contributed by atoms with Gasteiger partial charge in [0.25, 0.3) is 0 Å². The van der Waals surface area contributed by atoms with Crippen LogP contribution in [-0.4, -0.2) is 37.9 Å². The normalized spacial score (nSPS) is 11.3. The number of nitrogens with two attached hydrogens (primary N) is 3. The van der Waals surface area contributed by atoms with Gasteiger partial charge in [-0.3, -0.25) is 9.59 Å². The van der Waals surface area contributed by atoms with E-state index in [1.807, 2.05) is 0 Å². The number of primary sulfonamides is 1. The number of nitrogens with one attached hydrogen (secondary N) is 2. The average Bonchev–Trinajstić information content (AvgIpc) is 2.46. The third-order valence-corrected chi connectivity index (χ3v) is 4.12. The summed E-state index contributed by atoms with van der Waals surface area (Å²) in [4.78, 5) is 22.3. The van der Waals surface area contributed by atoms with Crippen molar-refractivity contribution in [3.63, 3.8) is 0 Å². The molecule has 13 heteroatoms. The Morgan fingerprint density at radius 2 is 1.73 bits per heavy atom. The molecular weight excluding hydrogens is 413 g/mol. The van der Waals surface area contributed by atoms with E-state index < -0.39 is 27.9 Å². The summed E-state index contributed by atoms with van der Waals surface area (Å²) in [6.07, 6.45) is 0.263. The van der Waals surface area contributed by atoms with Crippen LogP contribution in [0.15, 0.2) is 29.2 Å². The van der Waals surface area contributed by atoms with Crippen molar-refractivity contribution in [2.75, 3.05) is 6.54 Å². The smallest absolute Gasteiger partial charge is 1.00 e. The van der Waals surface area contributed by atoms with Gasteiger partial charge in [0.05, 0.1) is 17.4 Å². The Morgan fingerprint density at radius 3 is 2.19 bits per heavy atom. The van der Waals surface area contributed by atoms with E-state index in [9.17, 15) is 18.0 Å². The molecule has 0 spiro atoms. The molecule has 9 nitrogen and oxygen atoms in total. The van der Waals surface area contributed by atoms with Crippen LogP contribution < -0.4 is 69.2 Å². The zero-order chi connectivity index (χ0) is 18.3. The van der Waals surface area contributed by atoms with E-state index in [4.69, 9.17) is 28.8 Å². The van der Waals surface area contributed by atoms with Crippen LogP contribution in [0.1, 0.15) is 12.0 Å². The second-order valence-electron chi connectivity index (χ2n) is 4.96. The minimum Gasteiger partial charge on any atom is -1.00 e. The molecule has 0 aliphatic carbocycles. The number of hydrogen-bond donors (Lipinski definition) is 5. The molecule has 0 saturated carbocycles. The van der Waals surface area contributed by atoms with E-state index in [-0.39, 0.29) is 58.4 Å². The molecule has 0 fully saturated rings. The molecule has 1 aromatic carbocycles. The SMILES string of the molecule is NC(=O)CC(N)C(=O)NC(=S)NCCc1ccc(S(N)(=O)=O)cc1.[Cl-].[Na+]. The van der Waals surface area contributed by atoms with Crippen molar-refractivity contribution < 1.29 is 60.0 Å². The number of thiocarbonyl (C=S) groups is 1. The van der Waals surface area contributed by atoms with E-state index in [2.05, 4.69) is 10.6 Å². The van der Waals surface area contributed by atoms with Crippen molar-refractivity contribution in [1.29, 1.82) is 0 Å². The van der Waals surface area contributed by atoms with Crippen LogP contribution in [-0.2, 0) is 26.0 Å². The fraction of sp³-hybridized carbons (Fsp3) is 0.308. The second kappa shape index (κ2) is 12.6. The Labute approximate surface area is 185 Å². The molecule has 2 amide bonds. The topological polar surface area (TPSA) is 170 Å². The Morgan fingerprint density at radius 1 is 1.19 bits per heavy atom. The maximum absolute atomic E-state index is 11.6. The number of carbonyl (C=O) groups is 2. The molecule has 1 aromatic rings. The number of primary amides is 1. The molecule has 1 atom stereocenters. The molecule has 8 N–H and O–H groups in total. The van der Waals surface area contributed by atoms with E-state index >= 15 is 0 Å². The van der Waals surface area contributed by atoms with Crippen LogP contribution in [0.4, 0.5) is 0 Å². The van der Waals surface area contributed by atoms with Gasteiger partial charge >= 0.3 is 29.6 Å². The quantitative estimate of drug-likeness (QED) is 0.211. The Bertz CT molecular complexity index is 731. The van der Waals surface area contributed by atoms with Crippen molar-refractivity contribution in [2.24, 2.45) is 16.6 Å². The molecule has 0 heterocycles. The molecule has 0 aliphatic rings. The minimum absolute atomic E-state index is 0. The van der Waals surface area contributed by atoms with Crippen LogP contribution >= 0.6 is 12.2 Å². The Hall–Kier alpha value is -0.790. The van der Waals surface area contributed by atoms with Gasteiger partial charge in [0, 0.05) is 6.54 Å². The summed E-state index contributed by atoms with van der Waals surface area (Å²) in [6, 6.07) is 5.02. The number of halogens is 1. The fourth-order valence-electron chi connectivity index (χ4n) is 1.72. The fourth-order valence-corrected chi connectivity index (χ4v) is 2.44. The molecule has 0 aromatic heterocycles. The zero-order valence-electron chi connectivity index (χ0n) is 14.1. The summed E-state index contributed by atoms with van der Waals surface area (Å²) < 4.78 is 22.3. The number of rotatable bonds is 7. The van der Waals surface area contributed by atoms with Gasteiger partial charge in [0.2, 0.25) is 21.8 Å². The van der Waals surface area contributed by atoms with Crippen molar-refractivity contribution in [2.45, 2.75) is 23.8 Å². The summed E-state index contributed by atoms with van der Waals surface area (Å²) >= 11 is 4.94. The van der Waals surface area contributed by atoms with Gasteiger partial charge in [-0.1, -0.05) is 12.1 Å². The molecule has 140 valence electrons. The molecule has 26 heavy (non-hydrogen) atoms. The zero-order valence-corrected chi connectivity index (χ0v) is 18.5. The van der Waals surface area contributed by atoms with Crippen molar-refractivity contribution >= 4 is 39.2 Å². The first kappa shape index (κ1) is 27.4. The molecule has 1 rings (SSSR count). The van der Waals surface area contributed by atoms with E-state index in [1.165, 1.54) is 12.1 Å². The largest absolute Gasteiger partial charge is 1.00 e. The van der Waals surface area contributed by atoms with Gasteiger partial charge in [0.1, 0.15) is 0 Å². The first-order chi connectivity index (χ1) is 11.1. The summed E-state index contributed by atoms with van der Waals surface area (Å²) in [7, 11) is -3.71. The predicted octanol–water partition coefficient (Wildman–Crippen LogP) is -7.92. The van der Waals surface area contributed by atoms with Crippen LogP contribution in [0.5, 0.6) is 0 Å². The van der Waals surface area contributed by atoms with E-state index in [0.717, 1.165) is 5.56 Å². The molecule has 1 unspecified atom stereocenters. The van der Waals surface area contributed by atoms with Crippen molar-refractivity contribution in [3.05, 3.63) is 29.8 Å². The van der Waals surface area contributed by atoms with Crippen LogP contribution in [0.25, 0.3) is 0 Å². The first-order valence-electron chi connectivity index (χ1n) is 6.84. The van der Waals surface area contributed by atoms with Crippen LogP contribution in [0, 0.1) is 0 Å². The number of benzene rings is 1. The van der Waals surface area contributed by atoms with Crippen molar-refractivity contribution in [1.82, 2.24) is 10.6 Å². The van der Waals surface area contributed by atoms with Crippen molar-refractivity contribution in [3.8, 4) is 0 Å². The summed E-state index contributed by atoms with van der Waals surface area (Å²) in [5, 5.41) is 10.2. The van der Waals surface area contributed by atoms with Gasteiger partial charge in [-0.25, -0.2) is 13.6 Å². The summed E-state index contributed by atoms with van der Waals surface area (Å²) in [5.41, 5.74) is 11.3. The minimum atomic E-state index is -3.71. The maximum Gasteiger partial charge on any atom is 1.00 e. The van der Waals surface area contributed by atoms with Crippen LogP contribution in [0.2, 0.25) is 0 Å². The Kier molecular flexibility index (Phi) is 13.3. The second-order valence-corrected chi connectivity index (χ2v) is 6.93. The third kappa shape index (κ3) is 10.4. The number of hydrogen-bond acceptors (Lipinski definition) is 6. The molecule has 0 bridgehead atoms. The van der Waals surface area contributed by atoms with Gasteiger partial charge < -0.3 is 34.5 Å². The number of carbonyl (C=O) groups excluding carboxylic acids is 2. The van der Waals surface area contributed by atoms with E-state index in [1.54, 1.807) is 12.1 Å². The summed E-state index contributed by atoms with van der Waals surface area (Å²) in [5.74, 6) is -1.29. The Balaban J connectivity index is 0. The monoisotopic (exact) mass is 431 g/mol. The van der Waals surface area contributed by atoms with Gasteiger partial charge in [-0.05, 0) is 36.3 Å². The molecule has 0 radical (unpaired) electrons. The predicted molar refractivity (Wildman–Crippen MR) is 92.0 cm³/mol. The number of sulfonamides is 1. The van der Waals surface area contributed by atoms with Crippen LogP contribution in [0.3, 0.4) is 0 Å². The third-order valence-electron chi connectivity index (χ3n) is 2.95. The molecule has 0 saturated heterocycles. The molecular formula is C13H19ClN5NaO4S2. The molecule has 0 aliphatic heterocycles. The first-order valence-corrected chi connectivity index (χ1v) is 8.79. The van der Waals surface area contributed by atoms with Gasteiger partial charge in [0.15, 0.2) is 5.11 Å². The summed E-state index contributed by atoms with van der Waals surface area (Å²) in [6.45, 7) is 0.402. The van der Waals surface area contributed by atoms with E-state index in [0.29, 0.717) is 13.0 Å². The average molecular weight is 432 g/mol. The van der Waals surface area contributed by atoms with Gasteiger partial charge in [-0.15, -0.1) is 0 Å².